The lowest BCUT2D eigenvalue weighted by Crippen LogP contribution is -2.60. The monoisotopic (exact) mass is 1560 g/mol. The Morgan fingerprint density at radius 1 is 0.491 bits per heavy atom. The average Bonchev–Trinajstić information content (AvgIpc) is 1.61. The Bertz CT molecular complexity index is 4480. The summed E-state index contributed by atoms with van der Waals surface area (Å²) < 4.78 is 15.5. The van der Waals surface area contributed by atoms with Crippen LogP contribution < -0.4 is 52.0 Å². The number of nitrogens with zero attached hydrogens (tertiary/aromatic N) is 8. The largest absolute Gasteiger partial charge is 0.487 e. The van der Waals surface area contributed by atoms with Gasteiger partial charge in [-0.1, -0.05) is 175 Å². The number of aromatic nitrogens is 6. The van der Waals surface area contributed by atoms with E-state index in [1.54, 1.807) is 93.5 Å². The summed E-state index contributed by atoms with van der Waals surface area (Å²) in [5, 5.41) is 66.1. The Hall–Kier alpha value is -11.7. The maximum Gasteiger partial charge on any atom is 0.326 e. The van der Waals surface area contributed by atoms with Crippen molar-refractivity contribution in [3.05, 3.63) is 179 Å². The van der Waals surface area contributed by atoms with Crippen molar-refractivity contribution in [1.82, 2.24) is 82.3 Å². The van der Waals surface area contributed by atoms with E-state index in [2.05, 4.69) is 63.2 Å². The first-order valence-electron chi connectivity index (χ1n) is 39.6. The van der Waals surface area contributed by atoms with E-state index in [4.69, 9.17) is 9.47 Å². The number of hydrogen-bond donors (Lipinski definition) is 10. The van der Waals surface area contributed by atoms with Gasteiger partial charge in [0.05, 0.1) is 36.6 Å². The summed E-state index contributed by atoms with van der Waals surface area (Å²) in [5.41, 5.74) is 3.40. The third-order valence-electron chi connectivity index (χ3n) is 23.2. The number of carbonyl (C=O) groups is 10. The fourth-order valence-corrected chi connectivity index (χ4v) is 16.5. The summed E-state index contributed by atoms with van der Waals surface area (Å²) in [6.45, 7) is 3.09. The highest BCUT2D eigenvalue weighted by molar-refractivity contribution is 5.99. The zero-order valence-corrected chi connectivity index (χ0v) is 64.5. The fraction of sp³-hybridized carbons (Fsp3) is 0.452. The van der Waals surface area contributed by atoms with Crippen LogP contribution in [-0.2, 0) is 86.8 Å². The van der Waals surface area contributed by atoms with Gasteiger partial charge in [-0.25, -0.2) is 19.0 Å². The second-order valence-electron chi connectivity index (χ2n) is 30.9. The lowest BCUT2D eigenvalue weighted by molar-refractivity contribution is -0.144. The van der Waals surface area contributed by atoms with E-state index in [1.165, 1.54) is 14.5 Å². The van der Waals surface area contributed by atoms with Gasteiger partial charge in [0.15, 0.2) is 0 Å². The molecule has 12 atom stereocenters. The van der Waals surface area contributed by atoms with E-state index in [0.29, 0.717) is 64.9 Å². The Morgan fingerprint density at radius 3 is 1.39 bits per heavy atom. The number of benzene rings is 6. The van der Waals surface area contributed by atoms with Gasteiger partial charge in [-0.2, -0.15) is 0 Å². The van der Waals surface area contributed by atoms with Crippen LogP contribution in [0.4, 0.5) is 0 Å². The molecule has 2 saturated heterocycles. The van der Waals surface area contributed by atoms with Crippen molar-refractivity contribution in [1.29, 1.82) is 0 Å². The summed E-state index contributed by atoms with van der Waals surface area (Å²) in [6, 6.07) is 26.7. The van der Waals surface area contributed by atoms with Gasteiger partial charge in [-0.3, -0.25) is 38.4 Å². The Labute approximate surface area is 660 Å². The van der Waals surface area contributed by atoms with Gasteiger partial charge in [-0.15, -0.1) is 5.10 Å². The molecule has 8 heterocycles. The predicted molar refractivity (Wildman–Crippen MR) is 420 cm³/mol. The molecule has 4 fully saturated rings. The molecule has 30 nitrogen and oxygen atoms in total. The number of amides is 8. The quantitative estimate of drug-likeness (QED) is 0.0582. The molecule has 10 N–H and O–H groups in total. The minimum atomic E-state index is -1.51. The number of carboxylic acids is 2. The van der Waals surface area contributed by atoms with E-state index in [0.717, 1.165) is 60.1 Å². The average molecular weight is 1560 g/mol. The summed E-state index contributed by atoms with van der Waals surface area (Å²) in [5.74, 6) is -7.54. The van der Waals surface area contributed by atoms with Crippen molar-refractivity contribution >= 4 is 80.7 Å². The van der Waals surface area contributed by atoms with Crippen LogP contribution >= 0.6 is 0 Å². The minimum Gasteiger partial charge on any atom is -0.487 e. The SMILES string of the molecule is CNC(C)C(=O)NC(C(=O)N1CC2CC1C(=O)NC(Cc1cccc3ccccc13)C(=O)NC(C(=O)O)Cc1ccc(cc1)COc1cn(nn1)C1CC(C(=O)NC(Cc3cccc4ccccc34)C(=O)NC(C(=O)O)Cc3ccc(cc3)OCc3cn2nn3)N(C(=O)C(NC(=O)C(C)NC)C2CCCCC2)C1)C1CCCCC1. The standard InChI is InChI=1S/C84H100N16O14/c1-49(85-3)75(101)91-73(56-19-7-5-8-20-56)81(107)97-44-61-41-70(97)79(105)87-66(39-58-25-15-23-54-17-11-13-27-64(54)58)77(103)89-68(83(109)110)37-51-29-31-53(32-30-51)47-114-72-46-100(96-94-72)62-42-71(98(45-62)82(108)74(57-21-9-6-10-22-57)92-76(102)50(2)86-4)80(106)88-67(40-59-26-16-24-55-18-12-14-28-65(55)59)78(104)90-69(84(111)112)38-52-33-35-63(36-34-52)113-48-60-43-99(61)95-93-60/h11-18,23-36,43,46,49-50,56-57,61-62,66-71,73-74,85-86H,5-10,19-22,37-42,44-45,47-48H2,1-4H3,(H,87,105)(H,88,106)(H,89,103)(H,90,104)(H,91,101)(H,92,102)(H,109,110)(H,111,112). The molecule has 0 radical (unpaired) electrons. The summed E-state index contributed by atoms with van der Waals surface area (Å²) in [7, 11) is 3.29. The van der Waals surface area contributed by atoms with Gasteiger partial charge in [0.1, 0.15) is 73.0 Å². The van der Waals surface area contributed by atoms with Gasteiger partial charge in [0.25, 0.3) is 5.88 Å². The van der Waals surface area contributed by atoms with Crippen molar-refractivity contribution in [2.24, 2.45) is 11.8 Å². The van der Waals surface area contributed by atoms with Crippen LogP contribution in [0.5, 0.6) is 11.6 Å². The van der Waals surface area contributed by atoms with E-state index < -0.39 is 132 Å². The first-order chi connectivity index (χ1) is 55.1. The molecule has 8 aliphatic rings. The minimum absolute atomic E-state index is 0.0114. The third-order valence-corrected chi connectivity index (χ3v) is 23.2. The van der Waals surface area contributed by atoms with Crippen LogP contribution in [-0.4, -0.2) is 197 Å². The number of likely N-dealkylation sites (N-methyl/N-ethyl adjacent to an activating group) is 2. The van der Waals surface area contributed by atoms with Crippen molar-refractivity contribution in [2.75, 3.05) is 27.2 Å². The Morgan fingerprint density at radius 2 is 0.921 bits per heavy atom. The first-order valence-corrected chi connectivity index (χ1v) is 39.6. The molecule has 600 valence electrons. The van der Waals surface area contributed by atoms with E-state index in [1.807, 2.05) is 84.9 Å². The molecule has 8 aromatic rings. The molecule has 114 heavy (non-hydrogen) atoms. The van der Waals surface area contributed by atoms with Crippen molar-refractivity contribution < 1.29 is 67.6 Å². The topological polar surface area (TPSA) is 394 Å². The maximum absolute atomic E-state index is 15.5. The predicted octanol–water partition coefficient (Wildman–Crippen LogP) is 5.36. The molecular formula is C84H100N16O14. The molecule has 6 aliphatic heterocycles. The number of carbonyl (C=O) groups excluding carboxylic acids is 8. The van der Waals surface area contributed by atoms with E-state index in [-0.39, 0.29) is 82.5 Å². The molecule has 12 unspecified atom stereocenters. The molecule has 12 bridgehead atoms. The number of carboxylic acid groups (broad SMARTS) is 2. The lowest BCUT2D eigenvalue weighted by Gasteiger charge is -2.35. The number of ether oxygens (including phenoxy) is 2. The Kier molecular flexibility index (Phi) is 26.0. The highest BCUT2D eigenvalue weighted by Gasteiger charge is 2.49. The van der Waals surface area contributed by atoms with Gasteiger partial charge in [0, 0.05) is 51.6 Å². The smallest absolute Gasteiger partial charge is 0.326 e. The third kappa shape index (κ3) is 19.3. The Balaban J connectivity index is 0.825. The van der Waals surface area contributed by atoms with Crippen LogP contribution in [0.2, 0.25) is 0 Å². The van der Waals surface area contributed by atoms with Crippen molar-refractivity contribution in [2.45, 2.75) is 202 Å². The molecule has 0 spiro atoms. The second-order valence-corrected chi connectivity index (χ2v) is 30.9. The number of rotatable bonds is 16. The number of aliphatic carboxylic acids is 2. The molecule has 2 saturated carbocycles. The molecule has 30 heteroatoms. The van der Waals surface area contributed by atoms with Gasteiger partial charge < -0.3 is 72.0 Å². The first kappa shape index (κ1) is 80.4. The number of likely N-dealkylation sites (tertiary alicyclic amines) is 2. The molecule has 2 aliphatic carbocycles. The van der Waals surface area contributed by atoms with Gasteiger partial charge in [0.2, 0.25) is 47.3 Å². The maximum atomic E-state index is 15.5. The molecule has 2 aromatic heterocycles. The van der Waals surface area contributed by atoms with E-state index in [9.17, 15) is 29.4 Å². The fourth-order valence-electron chi connectivity index (χ4n) is 16.5. The van der Waals surface area contributed by atoms with Crippen LogP contribution in [0.25, 0.3) is 21.5 Å². The lowest BCUT2D eigenvalue weighted by atomic mass is 9.83. The van der Waals surface area contributed by atoms with Gasteiger partial charge in [-0.05, 0) is 127 Å². The van der Waals surface area contributed by atoms with E-state index >= 15 is 28.8 Å². The van der Waals surface area contributed by atoms with Crippen LogP contribution in [0, 0.1) is 11.8 Å². The molecule has 16 rings (SSSR count). The van der Waals surface area contributed by atoms with Gasteiger partial charge >= 0.3 is 11.9 Å². The van der Waals surface area contributed by atoms with Crippen molar-refractivity contribution in [3.63, 3.8) is 0 Å². The normalized spacial score (nSPS) is 22.9. The zero-order chi connectivity index (χ0) is 80.1. The zero-order valence-electron chi connectivity index (χ0n) is 64.5. The molecule has 6 aromatic carbocycles. The number of fused-ring (bicyclic) bond motifs is 2. The summed E-state index contributed by atoms with van der Waals surface area (Å²) in [6.07, 6.45) is 10.5. The molecule has 8 amide bonds. The second kappa shape index (κ2) is 36.9. The molecular weight excluding hydrogens is 1460 g/mol. The highest BCUT2D eigenvalue weighted by Crippen LogP contribution is 2.36. The highest BCUT2D eigenvalue weighted by atomic mass is 16.5. The number of hydrogen-bond acceptors (Lipinski definition) is 18. The van der Waals surface area contributed by atoms with Crippen LogP contribution in [0.15, 0.2) is 146 Å². The van der Waals surface area contributed by atoms with Crippen LogP contribution in [0.3, 0.4) is 0 Å². The van der Waals surface area contributed by atoms with Crippen molar-refractivity contribution in [3.8, 4) is 11.6 Å². The van der Waals surface area contributed by atoms with Crippen LogP contribution in [0.1, 0.15) is 136 Å². The number of nitrogens with one attached hydrogen (secondary N) is 8. The summed E-state index contributed by atoms with van der Waals surface area (Å²) >= 11 is 0. The summed E-state index contributed by atoms with van der Waals surface area (Å²) in [4.78, 5) is 149.